The molecule has 2 aromatic heterocycles. The normalized spacial score (nSPS) is 18.0. The van der Waals surface area contributed by atoms with E-state index in [1.807, 2.05) is 29.6 Å². The van der Waals surface area contributed by atoms with Gasteiger partial charge in [0.25, 0.3) is 0 Å². The van der Waals surface area contributed by atoms with Crippen molar-refractivity contribution in [2.75, 3.05) is 11.4 Å². The molecular formula is C17H19N3O2S. The highest BCUT2D eigenvalue weighted by Gasteiger charge is 2.30. The first-order valence-corrected chi connectivity index (χ1v) is 8.65. The minimum atomic E-state index is -0.431. The van der Waals surface area contributed by atoms with Crippen molar-refractivity contribution in [3.05, 3.63) is 46.9 Å². The summed E-state index contributed by atoms with van der Waals surface area (Å²) < 4.78 is 0. The molecule has 5 nitrogen and oxygen atoms in total. The van der Waals surface area contributed by atoms with Crippen LogP contribution in [0.3, 0.4) is 0 Å². The van der Waals surface area contributed by atoms with Crippen molar-refractivity contribution in [3.8, 4) is 0 Å². The first-order chi connectivity index (χ1) is 11.2. The van der Waals surface area contributed by atoms with Crippen LogP contribution in [0.1, 0.15) is 24.1 Å². The van der Waals surface area contributed by atoms with Crippen LogP contribution in [-0.2, 0) is 16.0 Å². The lowest BCUT2D eigenvalue weighted by atomic mass is 10.0. The van der Waals surface area contributed by atoms with Crippen molar-refractivity contribution >= 4 is 28.8 Å². The van der Waals surface area contributed by atoms with Crippen LogP contribution in [0.2, 0.25) is 0 Å². The van der Waals surface area contributed by atoms with Crippen molar-refractivity contribution in [1.82, 2.24) is 10.3 Å². The maximum atomic E-state index is 12.6. The van der Waals surface area contributed by atoms with E-state index in [1.165, 1.54) is 4.88 Å². The molecule has 1 fully saturated rings. The fourth-order valence-corrected chi connectivity index (χ4v) is 3.45. The summed E-state index contributed by atoms with van der Waals surface area (Å²) in [6.07, 6.45) is 6.06. The van der Waals surface area contributed by atoms with E-state index >= 15 is 0 Å². The van der Waals surface area contributed by atoms with Gasteiger partial charge in [-0.2, -0.15) is 0 Å². The molecule has 120 valence electrons. The first-order valence-electron chi connectivity index (χ1n) is 7.77. The lowest BCUT2D eigenvalue weighted by Crippen LogP contribution is -2.52. The van der Waals surface area contributed by atoms with Gasteiger partial charge in [0.05, 0.1) is 11.9 Å². The molecule has 0 saturated carbocycles. The Balaban J connectivity index is 1.57. The molecule has 0 aliphatic carbocycles. The average molecular weight is 329 g/mol. The van der Waals surface area contributed by atoms with Gasteiger partial charge in [0, 0.05) is 24.0 Å². The quantitative estimate of drug-likeness (QED) is 0.916. The van der Waals surface area contributed by atoms with Gasteiger partial charge in [-0.25, -0.2) is 0 Å². The van der Waals surface area contributed by atoms with Crippen molar-refractivity contribution < 1.29 is 9.59 Å². The summed E-state index contributed by atoms with van der Waals surface area (Å²) in [7, 11) is 0. The second-order valence-electron chi connectivity index (χ2n) is 5.54. The highest BCUT2D eigenvalue weighted by atomic mass is 32.1. The molecule has 0 aromatic carbocycles. The molecular weight excluding hydrogens is 310 g/mol. The Morgan fingerprint density at radius 1 is 1.39 bits per heavy atom. The molecule has 0 spiro atoms. The van der Waals surface area contributed by atoms with E-state index < -0.39 is 6.04 Å². The summed E-state index contributed by atoms with van der Waals surface area (Å²) in [5.74, 6) is -0.112. The Bertz CT molecular complexity index is 658. The minimum Gasteiger partial charge on any atom is -0.344 e. The van der Waals surface area contributed by atoms with Gasteiger partial charge in [0.2, 0.25) is 11.8 Å². The zero-order valence-electron chi connectivity index (χ0n) is 12.8. The molecule has 2 amide bonds. The Labute approximate surface area is 139 Å². The first kappa shape index (κ1) is 15.7. The summed E-state index contributed by atoms with van der Waals surface area (Å²) in [6.45, 7) is 0.673. The van der Waals surface area contributed by atoms with Crippen molar-refractivity contribution in [2.45, 2.75) is 31.7 Å². The number of hydrogen-bond donors (Lipinski definition) is 1. The van der Waals surface area contributed by atoms with Gasteiger partial charge >= 0.3 is 0 Å². The summed E-state index contributed by atoms with van der Waals surface area (Å²) in [6, 6.07) is 7.25. The lowest BCUT2D eigenvalue weighted by molar-refractivity contribution is -0.128. The van der Waals surface area contributed by atoms with E-state index in [0.717, 1.165) is 18.5 Å². The third-order valence-corrected chi connectivity index (χ3v) is 4.85. The number of anilines is 1. The van der Waals surface area contributed by atoms with Crippen LogP contribution in [0.5, 0.6) is 0 Å². The molecule has 3 rings (SSSR count). The van der Waals surface area contributed by atoms with Crippen LogP contribution < -0.4 is 10.2 Å². The molecule has 2 aromatic rings. The van der Waals surface area contributed by atoms with Gasteiger partial charge < -0.3 is 10.2 Å². The molecule has 0 unspecified atom stereocenters. The van der Waals surface area contributed by atoms with Gasteiger partial charge in [0.15, 0.2) is 0 Å². The maximum Gasteiger partial charge on any atom is 0.249 e. The molecule has 1 aliphatic heterocycles. The van der Waals surface area contributed by atoms with Gasteiger partial charge in [-0.15, -0.1) is 11.3 Å². The summed E-state index contributed by atoms with van der Waals surface area (Å²) in [5.41, 5.74) is 0.787. The molecule has 1 aliphatic rings. The summed E-state index contributed by atoms with van der Waals surface area (Å²) >= 11 is 1.65. The van der Waals surface area contributed by atoms with Crippen LogP contribution in [0.4, 0.5) is 5.69 Å². The number of piperidine rings is 1. The highest BCUT2D eigenvalue weighted by molar-refractivity contribution is 7.09. The topological polar surface area (TPSA) is 62.3 Å². The van der Waals surface area contributed by atoms with Crippen LogP contribution in [-0.4, -0.2) is 29.4 Å². The number of nitrogens with zero attached hydrogens (tertiary/aromatic N) is 2. The molecule has 6 heteroatoms. The largest absolute Gasteiger partial charge is 0.344 e. The van der Waals surface area contributed by atoms with E-state index in [4.69, 9.17) is 0 Å². The Kier molecular flexibility index (Phi) is 5.02. The Morgan fingerprint density at radius 2 is 2.30 bits per heavy atom. The van der Waals surface area contributed by atoms with Gasteiger partial charge in [0.1, 0.15) is 6.04 Å². The zero-order valence-corrected chi connectivity index (χ0v) is 13.6. The van der Waals surface area contributed by atoms with Crippen LogP contribution in [0.15, 0.2) is 42.0 Å². The second-order valence-corrected chi connectivity index (χ2v) is 6.58. The van der Waals surface area contributed by atoms with Gasteiger partial charge in [-0.3, -0.25) is 14.6 Å². The molecule has 0 bridgehead atoms. The summed E-state index contributed by atoms with van der Waals surface area (Å²) in [4.78, 5) is 31.6. The lowest BCUT2D eigenvalue weighted by Gasteiger charge is -2.32. The van der Waals surface area contributed by atoms with E-state index in [0.29, 0.717) is 19.4 Å². The fraction of sp³-hybridized carbons (Fsp3) is 0.353. The molecule has 1 saturated heterocycles. The van der Waals surface area contributed by atoms with E-state index in [9.17, 15) is 9.59 Å². The predicted molar refractivity (Wildman–Crippen MR) is 90.4 cm³/mol. The molecule has 0 radical (unpaired) electrons. The number of aryl methyl sites for hydroxylation is 1. The molecule has 1 N–H and O–H groups in total. The predicted octanol–water partition coefficient (Wildman–Crippen LogP) is 2.39. The van der Waals surface area contributed by atoms with Gasteiger partial charge in [-0.05, 0) is 42.8 Å². The number of amides is 2. The third-order valence-electron chi connectivity index (χ3n) is 3.91. The number of carbonyl (C=O) groups is 2. The number of hydrogen-bond acceptors (Lipinski definition) is 4. The van der Waals surface area contributed by atoms with E-state index in [2.05, 4.69) is 10.3 Å². The van der Waals surface area contributed by atoms with E-state index in [-0.39, 0.29) is 11.8 Å². The Hall–Kier alpha value is -2.21. The minimum absolute atomic E-state index is 0.0475. The van der Waals surface area contributed by atoms with Crippen molar-refractivity contribution in [3.63, 3.8) is 0 Å². The third kappa shape index (κ3) is 3.96. The SMILES string of the molecule is O=C(CCc1cccs1)N[C@@H]1CCCN(c2cccnc2)C1=O. The fourth-order valence-electron chi connectivity index (χ4n) is 2.74. The van der Waals surface area contributed by atoms with E-state index in [1.54, 1.807) is 28.6 Å². The van der Waals surface area contributed by atoms with Crippen molar-refractivity contribution in [2.24, 2.45) is 0 Å². The molecule has 1 atom stereocenters. The average Bonchev–Trinajstić information content (AvgIpc) is 3.09. The van der Waals surface area contributed by atoms with Crippen LogP contribution in [0, 0.1) is 0 Å². The van der Waals surface area contributed by atoms with Crippen LogP contribution >= 0.6 is 11.3 Å². The number of thiophene rings is 1. The highest BCUT2D eigenvalue weighted by Crippen LogP contribution is 2.20. The number of carbonyl (C=O) groups excluding carboxylic acids is 2. The van der Waals surface area contributed by atoms with Crippen molar-refractivity contribution in [1.29, 1.82) is 0 Å². The summed E-state index contributed by atoms with van der Waals surface area (Å²) in [5, 5.41) is 4.89. The number of aromatic nitrogens is 1. The Morgan fingerprint density at radius 3 is 3.04 bits per heavy atom. The molecule has 23 heavy (non-hydrogen) atoms. The smallest absolute Gasteiger partial charge is 0.249 e. The number of rotatable bonds is 5. The molecule has 3 heterocycles. The monoisotopic (exact) mass is 329 g/mol. The number of nitrogens with one attached hydrogen (secondary N) is 1. The second kappa shape index (κ2) is 7.37. The number of pyridine rings is 1. The standard InChI is InChI=1S/C17H19N3O2S/c21-16(8-7-14-5-3-11-23-14)19-15-6-2-10-20(17(15)22)13-4-1-9-18-12-13/h1,3-5,9,11-12,15H,2,6-8,10H2,(H,19,21)/t15-/m1/s1. The van der Waals surface area contributed by atoms with Gasteiger partial charge in [-0.1, -0.05) is 6.07 Å². The maximum absolute atomic E-state index is 12.6. The van der Waals surface area contributed by atoms with Crippen LogP contribution in [0.25, 0.3) is 0 Å². The zero-order chi connectivity index (χ0) is 16.1.